The van der Waals surface area contributed by atoms with Crippen LogP contribution >= 0.6 is 23.2 Å². The number of hydrogen-bond donors (Lipinski definition) is 1. The number of carbonyl (C=O) groups excluding carboxylic acids is 1. The molecule has 29 heavy (non-hydrogen) atoms. The lowest BCUT2D eigenvalue weighted by Crippen LogP contribution is -2.40. The highest BCUT2D eigenvalue weighted by Gasteiger charge is 2.27. The Hall–Kier alpha value is -1.64. The molecule has 0 saturated carbocycles. The highest BCUT2D eigenvalue weighted by atomic mass is 35.5. The first-order valence-electron chi connectivity index (χ1n) is 9.20. The topological polar surface area (TPSA) is 75.7 Å². The number of ether oxygens (including phenoxy) is 1. The van der Waals surface area contributed by atoms with Crippen molar-refractivity contribution in [1.29, 1.82) is 0 Å². The molecule has 2 aromatic carbocycles. The van der Waals surface area contributed by atoms with Crippen LogP contribution in [-0.2, 0) is 21.2 Å². The molecule has 1 amide bonds. The molecule has 3 rings (SSSR count). The first-order valence-corrected chi connectivity index (χ1v) is 11.4. The van der Waals surface area contributed by atoms with Gasteiger partial charge in [-0.05, 0) is 42.7 Å². The van der Waals surface area contributed by atoms with E-state index in [0.29, 0.717) is 60.4 Å². The van der Waals surface area contributed by atoms with Gasteiger partial charge in [-0.3, -0.25) is 4.79 Å². The molecule has 1 fully saturated rings. The maximum atomic E-state index is 12.9. The molecule has 1 N–H and O–H groups in total. The van der Waals surface area contributed by atoms with Crippen molar-refractivity contribution in [2.45, 2.75) is 18.2 Å². The molecule has 0 bridgehead atoms. The first-order chi connectivity index (χ1) is 13.8. The van der Waals surface area contributed by atoms with E-state index >= 15 is 0 Å². The van der Waals surface area contributed by atoms with Gasteiger partial charge in [-0.25, -0.2) is 8.42 Å². The highest BCUT2D eigenvalue weighted by Crippen LogP contribution is 2.25. The summed E-state index contributed by atoms with van der Waals surface area (Å²) in [4.78, 5) is 12.8. The molecule has 0 radical (unpaired) electrons. The van der Waals surface area contributed by atoms with Crippen LogP contribution in [0.3, 0.4) is 0 Å². The standard InChI is InChI=1S/C20H22Cl2N2O4S/c1-14-5-6-16(29(26,27)24-9-11-28-12-10-24)13-17(14)20(25)23-8-7-15-3-2-4-18(21)19(15)22/h2-6,13H,7-12H2,1H3,(H,23,25). The zero-order chi connectivity index (χ0) is 21.0. The minimum atomic E-state index is -3.67. The maximum Gasteiger partial charge on any atom is 0.251 e. The van der Waals surface area contributed by atoms with Crippen molar-refractivity contribution >= 4 is 39.1 Å². The number of carbonyl (C=O) groups is 1. The first kappa shape index (κ1) is 22.1. The van der Waals surface area contributed by atoms with Crippen molar-refractivity contribution in [3.8, 4) is 0 Å². The zero-order valence-corrected chi connectivity index (χ0v) is 18.3. The van der Waals surface area contributed by atoms with Crippen molar-refractivity contribution in [1.82, 2.24) is 9.62 Å². The summed E-state index contributed by atoms with van der Waals surface area (Å²) >= 11 is 12.2. The molecule has 0 spiro atoms. The zero-order valence-electron chi connectivity index (χ0n) is 16.0. The van der Waals surface area contributed by atoms with E-state index in [1.165, 1.54) is 16.4 Å². The minimum Gasteiger partial charge on any atom is -0.379 e. The quantitative estimate of drug-likeness (QED) is 0.723. The smallest absolute Gasteiger partial charge is 0.251 e. The lowest BCUT2D eigenvalue weighted by molar-refractivity contribution is 0.0730. The van der Waals surface area contributed by atoms with Crippen LogP contribution in [0.4, 0.5) is 0 Å². The van der Waals surface area contributed by atoms with E-state index in [9.17, 15) is 13.2 Å². The molecule has 156 valence electrons. The van der Waals surface area contributed by atoms with Gasteiger partial charge in [0.05, 0.1) is 28.2 Å². The van der Waals surface area contributed by atoms with Gasteiger partial charge in [-0.15, -0.1) is 0 Å². The van der Waals surface area contributed by atoms with Crippen molar-refractivity contribution in [3.63, 3.8) is 0 Å². The van der Waals surface area contributed by atoms with E-state index in [0.717, 1.165) is 5.56 Å². The van der Waals surface area contributed by atoms with Gasteiger partial charge < -0.3 is 10.1 Å². The van der Waals surface area contributed by atoms with Gasteiger partial charge in [0.25, 0.3) is 5.91 Å². The Labute approximate surface area is 180 Å². The summed E-state index contributed by atoms with van der Waals surface area (Å²) in [7, 11) is -3.67. The number of morpholine rings is 1. The van der Waals surface area contributed by atoms with Crippen molar-refractivity contribution in [2.75, 3.05) is 32.8 Å². The molecule has 9 heteroatoms. The largest absolute Gasteiger partial charge is 0.379 e. The molecule has 0 aliphatic carbocycles. The summed E-state index contributed by atoms with van der Waals surface area (Å²) in [5, 5.41) is 3.76. The van der Waals surface area contributed by atoms with Gasteiger partial charge in [-0.1, -0.05) is 41.4 Å². The summed E-state index contributed by atoms with van der Waals surface area (Å²) in [5.41, 5.74) is 1.86. The Kier molecular flexibility index (Phi) is 7.19. The van der Waals surface area contributed by atoms with Crippen molar-refractivity contribution in [3.05, 3.63) is 63.1 Å². The minimum absolute atomic E-state index is 0.105. The van der Waals surface area contributed by atoms with E-state index in [1.54, 1.807) is 25.1 Å². The number of nitrogens with one attached hydrogen (secondary N) is 1. The van der Waals surface area contributed by atoms with E-state index in [-0.39, 0.29) is 10.8 Å². The number of halogens is 2. The molecule has 1 saturated heterocycles. The van der Waals surface area contributed by atoms with Gasteiger partial charge in [0.1, 0.15) is 0 Å². The monoisotopic (exact) mass is 456 g/mol. The third-order valence-corrected chi connectivity index (χ3v) is 7.53. The van der Waals surface area contributed by atoms with Gasteiger partial charge in [0.2, 0.25) is 10.0 Å². The number of sulfonamides is 1. The molecular weight excluding hydrogens is 435 g/mol. The third kappa shape index (κ3) is 5.10. The third-order valence-electron chi connectivity index (χ3n) is 4.77. The fraction of sp³-hybridized carbons (Fsp3) is 0.350. The van der Waals surface area contributed by atoms with Crippen LogP contribution in [0, 0.1) is 6.92 Å². The predicted molar refractivity (Wildman–Crippen MR) is 113 cm³/mol. The number of aryl methyl sites for hydroxylation is 1. The van der Waals surface area contributed by atoms with Crippen LogP contribution in [0.5, 0.6) is 0 Å². The molecule has 2 aromatic rings. The fourth-order valence-electron chi connectivity index (χ4n) is 3.09. The van der Waals surface area contributed by atoms with E-state index in [2.05, 4.69) is 5.32 Å². The van der Waals surface area contributed by atoms with Gasteiger partial charge in [0.15, 0.2) is 0 Å². The second-order valence-electron chi connectivity index (χ2n) is 6.71. The average molecular weight is 457 g/mol. The van der Waals surface area contributed by atoms with Crippen LogP contribution in [-0.4, -0.2) is 51.5 Å². The van der Waals surface area contributed by atoms with Crippen LogP contribution in [0.25, 0.3) is 0 Å². The lowest BCUT2D eigenvalue weighted by atomic mass is 10.1. The molecule has 6 nitrogen and oxygen atoms in total. The summed E-state index contributed by atoms with van der Waals surface area (Å²) in [6.45, 7) is 3.46. The van der Waals surface area contributed by atoms with Crippen molar-refractivity contribution < 1.29 is 17.9 Å². The number of nitrogens with zero attached hydrogens (tertiary/aromatic N) is 1. The molecule has 1 aliphatic rings. The second-order valence-corrected chi connectivity index (χ2v) is 9.44. The second kappa shape index (κ2) is 9.45. The van der Waals surface area contributed by atoms with Gasteiger partial charge in [-0.2, -0.15) is 4.31 Å². The Morgan fingerprint density at radius 2 is 1.90 bits per heavy atom. The molecular formula is C20H22Cl2N2O4S. The normalized spacial score (nSPS) is 15.3. The van der Waals surface area contributed by atoms with Gasteiger partial charge in [0, 0.05) is 25.2 Å². The number of amides is 1. The van der Waals surface area contributed by atoms with E-state index < -0.39 is 10.0 Å². The predicted octanol–water partition coefficient (Wildman–Crippen LogP) is 3.30. The summed E-state index contributed by atoms with van der Waals surface area (Å²) in [5.74, 6) is -0.334. The van der Waals surface area contributed by atoms with Crippen LogP contribution in [0.15, 0.2) is 41.3 Å². The number of benzene rings is 2. The van der Waals surface area contributed by atoms with E-state index in [1.807, 2.05) is 6.07 Å². The van der Waals surface area contributed by atoms with Crippen LogP contribution in [0.1, 0.15) is 21.5 Å². The lowest BCUT2D eigenvalue weighted by Gasteiger charge is -2.26. The molecule has 1 heterocycles. The van der Waals surface area contributed by atoms with E-state index in [4.69, 9.17) is 27.9 Å². The van der Waals surface area contributed by atoms with Crippen LogP contribution in [0.2, 0.25) is 10.0 Å². The Morgan fingerprint density at radius 1 is 1.17 bits per heavy atom. The van der Waals surface area contributed by atoms with Crippen LogP contribution < -0.4 is 5.32 Å². The highest BCUT2D eigenvalue weighted by molar-refractivity contribution is 7.89. The number of rotatable bonds is 6. The molecule has 0 atom stereocenters. The molecule has 0 unspecified atom stereocenters. The summed E-state index contributed by atoms with van der Waals surface area (Å²) in [6.07, 6.45) is 0.510. The molecule has 0 aromatic heterocycles. The summed E-state index contributed by atoms with van der Waals surface area (Å²) < 4.78 is 32.3. The Balaban J connectivity index is 1.72. The van der Waals surface area contributed by atoms with Crippen molar-refractivity contribution in [2.24, 2.45) is 0 Å². The van der Waals surface area contributed by atoms with Gasteiger partial charge >= 0.3 is 0 Å². The fourth-order valence-corrected chi connectivity index (χ4v) is 4.94. The number of hydrogen-bond acceptors (Lipinski definition) is 4. The Bertz CT molecular complexity index is 1010. The molecule has 1 aliphatic heterocycles. The Morgan fingerprint density at radius 3 is 2.62 bits per heavy atom. The SMILES string of the molecule is Cc1ccc(S(=O)(=O)N2CCOCC2)cc1C(=O)NCCc1cccc(Cl)c1Cl. The average Bonchev–Trinajstić information content (AvgIpc) is 2.72. The maximum absolute atomic E-state index is 12.9. The summed E-state index contributed by atoms with van der Waals surface area (Å²) in [6, 6.07) is 9.97.